The van der Waals surface area contributed by atoms with Crippen LogP contribution in [0.3, 0.4) is 0 Å². The number of hydrogen-bond acceptors (Lipinski definition) is 3. The smallest absolute Gasteiger partial charge is 0.0346 e. The van der Waals surface area contributed by atoms with Crippen molar-refractivity contribution in [3.8, 4) is 0 Å². The number of hydrogen-bond donors (Lipinski definition) is 1. The van der Waals surface area contributed by atoms with Gasteiger partial charge in [-0.05, 0) is 47.7 Å². The van der Waals surface area contributed by atoms with E-state index in [0.29, 0.717) is 0 Å². The van der Waals surface area contributed by atoms with Gasteiger partial charge in [0.1, 0.15) is 0 Å². The molecule has 2 atom stereocenters. The Kier molecular flexibility index (Phi) is 3.06. The van der Waals surface area contributed by atoms with Gasteiger partial charge in [-0.25, -0.2) is 0 Å². The van der Waals surface area contributed by atoms with Gasteiger partial charge >= 0.3 is 0 Å². The van der Waals surface area contributed by atoms with Crippen molar-refractivity contribution in [2.24, 2.45) is 5.92 Å². The molecule has 3 heteroatoms. The van der Waals surface area contributed by atoms with Crippen LogP contribution >= 0.6 is 11.3 Å². The fourth-order valence-corrected chi connectivity index (χ4v) is 4.62. The van der Waals surface area contributed by atoms with Crippen LogP contribution in [0.1, 0.15) is 18.4 Å². The zero-order valence-electron chi connectivity index (χ0n) is 11.1. The van der Waals surface area contributed by atoms with Crippen LogP contribution in [0.25, 0.3) is 10.1 Å². The highest BCUT2D eigenvalue weighted by Gasteiger charge is 2.34. The van der Waals surface area contributed by atoms with Crippen molar-refractivity contribution in [3.63, 3.8) is 0 Å². The number of benzene rings is 1. The minimum Gasteiger partial charge on any atom is -0.312 e. The summed E-state index contributed by atoms with van der Waals surface area (Å²) in [4.78, 5) is 2.64. The number of piperidine rings is 1. The molecule has 0 bridgehead atoms. The van der Waals surface area contributed by atoms with E-state index in [4.69, 9.17) is 0 Å². The number of rotatable bonds is 2. The van der Waals surface area contributed by atoms with Crippen molar-refractivity contribution in [3.05, 3.63) is 35.2 Å². The van der Waals surface area contributed by atoms with Crippen LogP contribution < -0.4 is 5.32 Å². The van der Waals surface area contributed by atoms with E-state index in [1.807, 2.05) is 11.3 Å². The Morgan fingerprint density at radius 3 is 3.16 bits per heavy atom. The summed E-state index contributed by atoms with van der Waals surface area (Å²) in [6.07, 6.45) is 2.77. The van der Waals surface area contributed by atoms with Gasteiger partial charge in [-0.3, -0.25) is 4.90 Å². The Labute approximate surface area is 118 Å². The van der Waals surface area contributed by atoms with Gasteiger partial charge in [0.2, 0.25) is 0 Å². The summed E-state index contributed by atoms with van der Waals surface area (Å²) in [5, 5.41) is 7.49. The van der Waals surface area contributed by atoms with Gasteiger partial charge in [-0.1, -0.05) is 18.2 Å². The molecule has 2 aromatic rings. The topological polar surface area (TPSA) is 15.3 Å². The lowest BCUT2D eigenvalue weighted by atomic mass is 9.94. The Morgan fingerprint density at radius 1 is 1.26 bits per heavy atom. The molecule has 2 aliphatic rings. The molecule has 4 rings (SSSR count). The molecule has 2 fully saturated rings. The van der Waals surface area contributed by atoms with E-state index < -0.39 is 0 Å². The van der Waals surface area contributed by atoms with Crippen molar-refractivity contribution >= 4 is 21.4 Å². The van der Waals surface area contributed by atoms with E-state index in [-0.39, 0.29) is 0 Å². The molecule has 2 aliphatic heterocycles. The Hall–Kier alpha value is -0.900. The van der Waals surface area contributed by atoms with Crippen LogP contribution in [0.2, 0.25) is 0 Å². The summed E-state index contributed by atoms with van der Waals surface area (Å²) in [6.45, 7) is 4.85. The van der Waals surface area contributed by atoms with Crippen LogP contribution in [-0.4, -0.2) is 30.6 Å². The van der Waals surface area contributed by atoms with Gasteiger partial charge in [0.15, 0.2) is 0 Å². The molecule has 0 saturated carbocycles. The summed E-state index contributed by atoms with van der Waals surface area (Å²) < 4.78 is 1.42. The molecule has 2 saturated heterocycles. The average Bonchev–Trinajstić information content (AvgIpc) is 3.03. The first-order valence-electron chi connectivity index (χ1n) is 7.31. The molecule has 0 unspecified atom stereocenters. The third-order valence-electron chi connectivity index (χ3n) is 4.63. The number of nitrogens with zero attached hydrogens (tertiary/aromatic N) is 1. The number of thiophene rings is 1. The first-order chi connectivity index (χ1) is 9.40. The SMILES string of the molecule is c1ccc2c(CN3C[C@@H]4CCCN[C@@H]4C3)csc2c1. The van der Waals surface area contributed by atoms with E-state index in [9.17, 15) is 0 Å². The lowest BCUT2D eigenvalue weighted by molar-refractivity contribution is 0.314. The molecule has 100 valence electrons. The van der Waals surface area contributed by atoms with Crippen molar-refractivity contribution in [2.75, 3.05) is 19.6 Å². The molecule has 2 nitrogen and oxygen atoms in total. The van der Waals surface area contributed by atoms with Gasteiger partial charge in [-0.2, -0.15) is 0 Å². The normalized spacial score (nSPS) is 27.8. The summed E-state index contributed by atoms with van der Waals surface area (Å²) >= 11 is 1.88. The molecule has 1 aromatic carbocycles. The average molecular weight is 272 g/mol. The van der Waals surface area contributed by atoms with Gasteiger partial charge in [-0.15, -0.1) is 11.3 Å². The Bertz CT molecular complexity index is 563. The second kappa shape index (κ2) is 4.89. The first kappa shape index (κ1) is 11.9. The molecular formula is C16H20N2S. The fraction of sp³-hybridized carbons (Fsp3) is 0.500. The first-order valence-corrected chi connectivity index (χ1v) is 8.19. The molecule has 1 aromatic heterocycles. The molecular weight excluding hydrogens is 252 g/mol. The third-order valence-corrected chi connectivity index (χ3v) is 5.64. The highest BCUT2D eigenvalue weighted by Crippen LogP contribution is 2.30. The standard InChI is InChI=1S/C16H20N2S/c1-2-6-16-14(5-1)13(11-19-16)9-18-8-12-4-3-7-17-15(12)10-18/h1-2,5-6,11-12,15,17H,3-4,7-10H2/t12-,15+/m0/s1. The van der Waals surface area contributed by atoms with Gasteiger partial charge in [0, 0.05) is 30.4 Å². The van der Waals surface area contributed by atoms with E-state index in [1.54, 1.807) is 0 Å². The maximum Gasteiger partial charge on any atom is 0.0346 e. The van der Waals surface area contributed by atoms with Crippen molar-refractivity contribution in [2.45, 2.75) is 25.4 Å². The zero-order valence-corrected chi connectivity index (χ0v) is 12.0. The minimum atomic E-state index is 0.749. The fourth-order valence-electron chi connectivity index (χ4n) is 3.66. The summed E-state index contributed by atoms with van der Waals surface area (Å²) in [7, 11) is 0. The maximum atomic E-state index is 3.69. The predicted octanol–water partition coefficient (Wildman–Crippen LogP) is 3.09. The molecule has 0 aliphatic carbocycles. The van der Waals surface area contributed by atoms with Crippen LogP contribution in [0.4, 0.5) is 0 Å². The maximum absolute atomic E-state index is 3.69. The van der Waals surface area contributed by atoms with Crippen LogP contribution in [0, 0.1) is 5.92 Å². The van der Waals surface area contributed by atoms with Crippen molar-refractivity contribution < 1.29 is 0 Å². The Morgan fingerprint density at radius 2 is 2.21 bits per heavy atom. The minimum absolute atomic E-state index is 0.749. The second-order valence-corrected chi connectivity index (χ2v) is 6.83. The van der Waals surface area contributed by atoms with Crippen LogP contribution in [0.5, 0.6) is 0 Å². The number of fused-ring (bicyclic) bond motifs is 2. The van der Waals surface area contributed by atoms with Gasteiger partial charge < -0.3 is 5.32 Å². The van der Waals surface area contributed by atoms with Crippen molar-refractivity contribution in [1.29, 1.82) is 0 Å². The van der Waals surface area contributed by atoms with Crippen LogP contribution in [-0.2, 0) is 6.54 Å². The predicted molar refractivity (Wildman–Crippen MR) is 81.6 cm³/mol. The molecule has 19 heavy (non-hydrogen) atoms. The van der Waals surface area contributed by atoms with Gasteiger partial charge in [0.25, 0.3) is 0 Å². The second-order valence-electron chi connectivity index (χ2n) is 5.91. The van der Waals surface area contributed by atoms with Gasteiger partial charge in [0.05, 0.1) is 0 Å². The van der Waals surface area contributed by atoms with E-state index >= 15 is 0 Å². The van der Waals surface area contributed by atoms with Crippen LogP contribution in [0.15, 0.2) is 29.6 Å². The van der Waals surface area contributed by atoms with E-state index in [1.165, 1.54) is 48.1 Å². The Balaban J connectivity index is 1.52. The molecule has 0 radical (unpaired) electrons. The molecule has 0 amide bonds. The number of likely N-dealkylation sites (tertiary alicyclic amines) is 1. The zero-order chi connectivity index (χ0) is 12.7. The summed E-state index contributed by atoms with van der Waals surface area (Å²) in [5.74, 6) is 0.888. The quantitative estimate of drug-likeness (QED) is 0.904. The van der Waals surface area contributed by atoms with Crippen molar-refractivity contribution in [1.82, 2.24) is 10.2 Å². The van der Waals surface area contributed by atoms with E-state index in [0.717, 1.165) is 18.5 Å². The third kappa shape index (κ3) is 2.20. The molecule has 0 spiro atoms. The lowest BCUT2D eigenvalue weighted by Gasteiger charge is -2.24. The monoisotopic (exact) mass is 272 g/mol. The number of nitrogens with one attached hydrogen (secondary N) is 1. The summed E-state index contributed by atoms with van der Waals surface area (Å²) in [6, 6.07) is 9.54. The highest BCUT2D eigenvalue weighted by molar-refractivity contribution is 7.17. The lowest BCUT2D eigenvalue weighted by Crippen LogP contribution is -2.40. The highest BCUT2D eigenvalue weighted by atomic mass is 32.1. The molecule has 3 heterocycles. The summed E-state index contributed by atoms with van der Waals surface area (Å²) in [5.41, 5.74) is 1.51. The molecule has 1 N–H and O–H groups in total. The largest absolute Gasteiger partial charge is 0.312 e. The van der Waals surface area contributed by atoms with E-state index in [2.05, 4.69) is 39.9 Å².